The van der Waals surface area contributed by atoms with E-state index in [0.717, 1.165) is 38.5 Å². The van der Waals surface area contributed by atoms with Crippen molar-refractivity contribution in [3.05, 3.63) is 29.8 Å². The Hall–Kier alpha value is -2.12. The van der Waals surface area contributed by atoms with Crippen LogP contribution in [0.15, 0.2) is 24.3 Å². The number of aliphatic carboxylic acids is 2. The van der Waals surface area contributed by atoms with Crippen molar-refractivity contribution < 1.29 is 29.3 Å². The SMILES string of the molecule is CCOCCCNCc1ccc(OC)cc1.O=C(O)C(=O)O. The summed E-state index contributed by atoms with van der Waals surface area (Å²) >= 11 is 0. The molecule has 7 nitrogen and oxygen atoms in total. The Balaban J connectivity index is 0.000000626. The number of hydrogen-bond acceptors (Lipinski definition) is 5. The van der Waals surface area contributed by atoms with Crippen LogP contribution in [0, 0.1) is 0 Å². The molecule has 0 amide bonds. The van der Waals surface area contributed by atoms with Gasteiger partial charge in [0.2, 0.25) is 0 Å². The van der Waals surface area contributed by atoms with Gasteiger partial charge in [0.1, 0.15) is 5.75 Å². The summed E-state index contributed by atoms with van der Waals surface area (Å²) in [6.45, 7) is 5.55. The lowest BCUT2D eigenvalue weighted by molar-refractivity contribution is -0.159. The molecule has 0 aliphatic heterocycles. The minimum atomic E-state index is -1.82. The van der Waals surface area contributed by atoms with Crippen molar-refractivity contribution in [1.82, 2.24) is 5.32 Å². The van der Waals surface area contributed by atoms with E-state index in [1.807, 2.05) is 19.1 Å². The van der Waals surface area contributed by atoms with E-state index >= 15 is 0 Å². The van der Waals surface area contributed by atoms with Crippen LogP contribution in [0.3, 0.4) is 0 Å². The van der Waals surface area contributed by atoms with Crippen LogP contribution in [0.2, 0.25) is 0 Å². The van der Waals surface area contributed by atoms with Gasteiger partial charge in [-0.1, -0.05) is 12.1 Å². The largest absolute Gasteiger partial charge is 0.497 e. The summed E-state index contributed by atoms with van der Waals surface area (Å²) in [5.41, 5.74) is 1.28. The van der Waals surface area contributed by atoms with Gasteiger partial charge in [-0.3, -0.25) is 0 Å². The predicted octanol–water partition coefficient (Wildman–Crippen LogP) is 1.37. The highest BCUT2D eigenvalue weighted by molar-refractivity contribution is 6.27. The number of carboxylic acids is 2. The Bertz CT molecular complexity index is 420. The van der Waals surface area contributed by atoms with Gasteiger partial charge in [-0.05, 0) is 37.6 Å². The first-order valence-corrected chi connectivity index (χ1v) is 6.88. The zero-order chi connectivity index (χ0) is 16.8. The molecule has 0 radical (unpaired) electrons. The van der Waals surface area contributed by atoms with E-state index < -0.39 is 11.9 Å². The average molecular weight is 313 g/mol. The normalized spacial score (nSPS) is 9.55. The zero-order valence-corrected chi connectivity index (χ0v) is 12.9. The summed E-state index contributed by atoms with van der Waals surface area (Å²) in [5, 5.41) is 18.2. The molecule has 0 aliphatic carbocycles. The molecule has 1 aromatic carbocycles. The molecule has 0 spiro atoms. The first-order valence-electron chi connectivity index (χ1n) is 6.88. The molecule has 0 heterocycles. The topological polar surface area (TPSA) is 105 Å². The lowest BCUT2D eigenvalue weighted by Gasteiger charge is -2.06. The van der Waals surface area contributed by atoms with Gasteiger partial charge in [-0.2, -0.15) is 0 Å². The van der Waals surface area contributed by atoms with Crippen molar-refractivity contribution in [1.29, 1.82) is 0 Å². The van der Waals surface area contributed by atoms with Gasteiger partial charge in [0, 0.05) is 19.8 Å². The number of ether oxygens (including phenoxy) is 2. The van der Waals surface area contributed by atoms with Gasteiger partial charge in [-0.15, -0.1) is 0 Å². The number of carbonyl (C=O) groups is 2. The number of rotatable bonds is 8. The van der Waals surface area contributed by atoms with E-state index in [9.17, 15) is 0 Å². The Morgan fingerprint density at radius 3 is 2.18 bits per heavy atom. The molecule has 0 aromatic heterocycles. The molecule has 1 rings (SSSR count). The van der Waals surface area contributed by atoms with Crippen LogP contribution in [-0.4, -0.2) is 49.0 Å². The van der Waals surface area contributed by atoms with Crippen LogP contribution in [0.25, 0.3) is 0 Å². The van der Waals surface area contributed by atoms with Crippen LogP contribution in [0.5, 0.6) is 5.75 Å². The molecular formula is C15H23NO6. The quantitative estimate of drug-likeness (QED) is 0.491. The van der Waals surface area contributed by atoms with E-state index in [1.54, 1.807) is 7.11 Å². The van der Waals surface area contributed by atoms with Gasteiger partial charge in [0.25, 0.3) is 0 Å². The number of methoxy groups -OCH3 is 1. The second kappa shape index (κ2) is 12.6. The fraction of sp³-hybridized carbons (Fsp3) is 0.467. The maximum Gasteiger partial charge on any atom is 0.414 e. The van der Waals surface area contributed by atoms with Gasteiger partial charge < -0.3 is 25.0 Å². The number of benzene rings is 1. The minimum Gasteiger partial charge on any atom is -0.497 e. The van der Waals surface area contributed by atoms with Crippen LogP contribution < -0.4 is 10.1 Å². The van der Waals surface area contributed by atoms with E-state index in [4.69, 9.17) is 29.3 Å². The third-order valence-electron chi connectivity index (χ3n) is 2.52. The summed E-state index contributed by atoms with van der Waals surface area (Å²) in [4.78, 5) is 18.2. The third-order valence-corrected chi connectivity index (χ3v) is 2.52. The van der Waals surface area contributed by atoms with Crippen molar-refractivity contribution >= 4 is 11.9 Å². The van der Waals surface area contributed by atoms with Crippen molar-refractivity contribution in [2.24, 2.45) is 0 Å². The molecule has 0 unspecified atom stereocenters. The molecular weight excluding hydrogens is 290 g/mol. The van der Waals surface area contributed by atoms with Crippen molar-refractivity contribution in [3.8, 4) is 5.75 Å². The molecule has 0 fully saturated rings. The van der Waals surface area contributed by atoms with Crippen LogP contribution in [0.4, 0.5) is 0 Å². The highest BCUT2D eigenvalue weighted by Gasteiger charge is 2.04. The Morgan fingerprint density at radius 1 is 1.14 bits per heavy atom. The van der Waals surface area contributed by atoms with E-state index in [2.05, 4.69) is 17.4 Å². The number of carboxylic acid groups (broad SMARTS) is 2. The van der Waals surface area contributed by atoms with Gasteiger partial charge in [0.05, 0.1) is 7.11 Å². The third kappa shape index (κ3) is 10.6. The average Bonchev–Trinajstić information content (AvgIpc) is 2.52. The standard InChI is InChI=1S/C13H21NO2.C2H2O4/c1-3-16-10-4-9-14-11-12-5-7-13(15-2)8-6-12;3-1(4)2(5)6/h5-8,14H,3-4,9-11H2,1-2H3;(H,3,4)(H,5,6). The lowest BCUT2D eigenvalue weighted by atomic mass is 10.2. The van der Waals surface area contributed by atoms with Crippen LogP contribution in [-0.2, 0) is 20.9 Å². The molecule has 7 heteroatoms. The molecule has 1 aromatic rings. The minimum absolute atomic E-state index is 0.804. The smallest absolute Gasteiger partial charge is 0.414 e. The molecule has 0 aliphatic rings. The molecule has 0 bridgehead atoms. The maximum atomic E-state index is 9.10. The fourth-order valence-electron chi connectivity index (χ4n) is 1.42. The fourth-order valence-corrected chi connectivity index (χ4v) is 1.42. The molecule has 3 N–H and O–H groups in total. The highest BCUT2D eigenvalue weighted by Crippen LogP contribution is 2.10. The monoisotopic (exact) mass is 313 g/mol. The van der Waals surface area contributed by atoms with Gasteiger partial charge in [0.15, 0.2) is 0 Å². The molecule has 0 saturated heterocycles. The zero-order valence-electron chi connectivity index (χ0n) is 12.9. The summed E-state index contributed by atoms with van der Waals surface area (Å²) in [5.74, 6) is -2.75. The Morgan fingerprint density at radius 2 is 1.73 bits per heavy atom. The second-order valence-electron chi connectivity index (χ2n) is 4.19. The summed E-state index contributed by atoms with van der Waals surface area (Å²) in [6.07, 6.45) is 1.06. The molecule has 22 heavy (non-hydrogen) atoms. The van der Waals surface area contributed by atoms with E-state index in [0.29, 0.717) is 0 Å². The molecule has 124 valence electrons. The molecule has 0 saturated carbocycles. The van der Waals surface area contributed by atoms with Gasteiger partial charge >= 0.3 is 11.9 Å². The van der Waals surface area contributed by atoms with E-state index in [-0.39, 0.29) is 0 Å². The van der Waals surface area contributed by atoms with Gasteiger partial charge in [-0.25, -0.2) is 9.59 Å². The van der Waals surface area contributed by atoms with Crippen LogP contribution >= 0.6 is 0 Å². The first kappa shape index (κ1) is 19.9. The predicted molar refractivity (Wildman–Crippen MR) is 81.1 cm³/mol. The van der Waals surface area contributed by atoms with Crippen molar-refractivity contribution in [2.45, 2.75) is 19.9 Å². The Kier molecular flexibility index (Phi) is 11.4. The summed E-state index contributed by atoms with van der Waals surface area (Å²) in [6, 6.07) is 8.12. The van der Waals surface area contributed by atoms with Crippen molar-refractivity contribution in [2.75, 3.05) is 26.9 Å². The van der Waals surface area contributed by atoms with E-state index in [1.165, 1.54) is 5.56 Å². The summed E-state index contributed by atoms with van der Waals surface area (Å²) in [7, 11) is 1.68. The first-order chi connectivity index (χ1) is 10.5. The highest BCUT2D eigenvalue weighted by atomic mass is 16.5. The second-order valence-corrected chi connectivity index (χ2v) is 4.19. The van der Waals surface area contributed by atoms with Crippen molar-refractivity contribution in [3.63, 3.8) is 0 Å². The molecule has 0 atom stereocenters. The number of nitrogens with one attached hydrogen (secondary N) is 1. The Labute approximate surface area is 129 Å². The summed E-state index contributed by atoms with van der Waals surface area (Å²) < 4.78 is 10.4. The number of hydrogen-bond donors (Lipinski definition) is 3. The lowest BCUT2D eigenvalue weighted by Crippen LogP contribution is -2.16. The maximum absolute atomic E-state index is 9.10. The van der Waals surface area contributed by atoms with Crippen LogP contribution in [0.1, 0.15) is 18.9 Å².